The van der Waals surface area contributed by atoms with Crippen LogP contribution in [-0.2, 0) is 4.79 Å². The van der Waals surface area contributed by atoms with Crippen LogP contribution in [0.5, 0.6) is 0 Å². The van der Waals surface area contributed by atoms with E-state index in [1.807, 2.05) is 6.07 Å². The molecule has 0 aliphatic carbocycles. The number of carbonyl (C=O) groups excluding carboxylic acids is 1. The van der Waals surface area contributed by atoms with Gasteiger partial charge in [0.2, 0.25) is 0 Å². The number of thiol groups is 1. The molecule has 0 rings (SSSR count). The Morgan fingerprint density at radius 2 is 2.44 bits per heavy atom. The van der Waals surface area contributed by atoms with Crippen molar-refractivity contribution in [2.24, 2.45) is 5.92 Å². The lowest BCUT2D eigenvalue weighted by molar-refractivity contribution is -0.110. The van der Waals surface area contributed by atoms with Gasteiger partial charge in [-0.2, -0.15) is 5.26 Å². The molecule has 0 N–H and O–H groups in total. The summed E-state index contributed by atoms with van der Waals surface area (Å²) in [5.41, 5.74) is 0. The summed E-state index contributed by atoms with van der Waals surface area (Å²) in [4.78, 5) is 10.2. The number of hydrogen-bond donors (Lipinski definition) is 1. The van der Waals surface area contributed by atoms with E-state index in [-0.39, 0.29) is 11.0 Å². The van der Waals surface area contributed by atoms with Gasteiger partial charge in [0.05, 0.1) is 6.07 Å². The van der Waals surface area contributed by atoms with Crippen LogP contribution < -0.4 is 0 Å². The molecule has 0 radical (unpaired) electrons. The summed E-state index contributed by atoms with van der Waals surface area (Å²) in [6.07, 6.45) is 1.02. The summed E-state index contributed by atoms with van der Waals surface area (Å²) in [5.74, 6) is -0.0268. The molecule has 0 aromatic heterocycles. The molecule has 0 aromatic rings. The fourth-order valence-electron chi connectivity index (χ4n) is 0.405. The smallest absolute Gasteiger partial charge is 0.185 e. The van der Waals surface area contributed by atoms with E-state index in [9.17, 15) is 4.79 Å². The minimum atomic E-state index is -0.142. The van der Waals surface area contributed by atoms with E-state index in [1.54, 1.807) is 6.92 Å². The van der Waals surface area contributed by atoms with Gasteiger partial charge in [0, 0.05) is 12.3 Å². The molecule has 0 aliphatic heterocycles. The highest BCUT2D eigenvalue weighted by Gasteiger charge is 2.00. The molecule has 1 unspecified atom stereocenters. The van der Waals surface area contributed by atoms with Crippen molar-refractivity contribution in [1.29, 1.82) is 5.26 Å². The summed E-state index contributed by atoms with van der Waals surface area (Å²) in [6.45, 7) is 1.79. The monoisotopic (exact) mass is 143 g/mol. The Hall–Kier alpha value is -0.490. The standard InChI is InChI=1S/C6H9NOS/c1-5(4-7)2-3-6(8)9/h5H,2-3H2,1H3,(H,8,9). The van der Waals surface area contributed by atoms with Gasteiger partial charge in [0.15, 0.2) is 5.12 Å². The van der Waals surface area contributed by atoms with E-state index < -0.39 is 0 Å². The number of carbonyl (C=O) groups is 1. The van der Waals surface area contributed by atoms with Gasteiger partial charge in [-0.15, -0.1) is 12.6 Å². The molecule has 0 saturated carbocycles. The van der Waals surface area contributed by atoms with Gasteiger partial charge in [-0.05, 0) is 13.3 Å². The predicted octanol–water partition coefficient (Wildman–Crippen LogP) is 1.38. The van der Waals surface area contributed by atoms with E-state index in [2.05, 4.69) is 12.6 Å². The van der Waals surface area contributed by atoms with Gasteiger partial charge < -0.3 is 0 Å². The van der Waals surface area contributed by atoms with Gasteiger partial charge in [-0.3, -0.25) is 4.79 Å². The van der Waals surface area contributed by atoms with Gasteiger partial charge in [-0.25, -0.2) is 0 Å². The van der Waals surface area contributed by atoms with Gasteiger partial charge >= 0.3 is 0 Å². The predicted molar refractivity (Wildman–Crippen MR) is 38.0 cm³/mol. The van der Waals surface area contributed by atoms with Crippen molar-refractivity contribution in [1.82, 2.24) is 0 Å². The highest BCUT2D eigenvalue weighted by Crippen LogP contribution is 2.04. The first-order valence-electron chi connectivity index (χ1n) is 2.78. The molecule has 0 spiro atoms. The molecule has 9 heavy (non-hydrogen) atoms. The molecule has 0 fully saturated rings. The lowest BCUT2D eigenvalue weighted by Gasteiger charge is -1.95. The minimum absolute atomic E-state index is 0.0268. The fraction of sp³-hybridized carbons (Fsp3) is 0.667. The second-order valence-electron chi connectivity index (χ2n) is 1.96. The van der Waals surface area contributed by atoms with Gasteiger partial charge in [-0.1, -0.05) is 0 Å². The molecule has 3 heteroatoms. The zero-order chi connectivity index (χ0) is 7.28. The summed E-state index contributed by atoms with van der Waals surface area (Å²) in [6, 6.07) is 2.03. The maximum absolute atomic E-state index is 10.2. The summed E-state index contributed by atoms with van der Waals surface area (Å²) < 4.78 is 0. The molecule has 50 valence electrons. The molecular formula is C6H9NOS. The van der Waals surface area contributed by atoms with E-state index in [0.717, 1.165) is 0 Å². The van der Waals surface area contributed by atoms with E-state index in [4.69, 9.17) is 5.26 Å². The Balaban J connectivity index is 3.30. The quantitative estimate of drug-likeness (QED) is 0.606. The van der Waals surface area contributed by atoms with Crippen LogP contribution >= 0.6 is 12.6 Å². The van der Waals surface area contributed by atoms with Crippen LogP contribution in [0.2, 0.25) is 0 Å². The third-order valence-electron chi connectivity index (χ3n) is 1.01. The van der Waals surface area contributed by atoms with Crippen molar-refractivity contribution >= 4 is 17.7 Å². The van der Waals surface area contributed by atoms with Crippen LogP contribution in [0, 0.1) is 17.2 Å². The highest BCUT2D eigenvalue weighted by molar-refractivity contribution is 7.96. The molecular weight excluding hydrogens is 134 g/mol. The van der Waals surface area contributed by atoms with Crippen LogP contribution in [0.3, 0.4) is 0 Å². The van der Waals surface area contributed by atoms with Crippen LogP contribution in [0.15, 0.2) is 0 Å². The molecule has 0 bridgehead atoms. The van der Waals surface area contributed by atoms with E-state index in [0.29, 0.717) is 12.8 Å². The van der Waals surface area contributed by atoms with E-state index >= 15 is 0 Å². The highest BCUT2D eigenvalue weighted by atomic mass is 32.1. The fourth-order valence-corrected chi connectivity index (χ4v) is 0.534. The summed E-state index contributed by atoms with van der Waals surface area (Å²) in [7, 11) is 0. The third-order valence-corrected chi connectivity index (χ3v) is 1.24. The lowest BCUT2D eigenvalue weighted by atomic mass is 10.1. The Bertz CT molecular complexity index is 138. The zero-order valence-electron chi connectivity index (χ0n) is 5.29. The van der Waals surface area contributed by atoms with Gasteiger partial charge in [0.1, 0.15) is 0 Å². The van der Waals surface area contributed by atoms with Crippen molar-refractivity contribution < 1.29 is 4.79 Å². The van der Waals surface area contributed by atoms with Crippen LogP contribution in [0.25, 0.3) is 0 Å². The first kappa shape index (κ1) is 8.51. The Kier molecular flexibility index (Phi) is 4.16. The van der Waals surface area contributed by atoms with Crippen LogP contribution in [0.1, 0.15) is 19.8 Å². The molecule has 0 aromatic carbocycles. The van der Waals surface area contributed by atoms with Crippen molar-refractivity contribution in [3.63, 3.8) is 0 Å². The largest absolute Gasteiger partial charge is 0.288 e. The molecule has 0 aliphatic rings. The van der Waals surface area contributed by atoms with Crippen LogP contribution in [-0.4, -0.2) is 5.12 Å². The molecule has 2 nitrogen and oxygen atoms in total. The second-order valence-corrected chi connectivity index (χ2v) is 2.46. The zero-order valence-corrected chi connectivity index (χ0v) is 6.19. The Morgan fingerprint density at radius 3 is 2.78 bits per heavy atom. The maximum atomic E-state index is 10.2. The number of hydrogen-bond acceptors (Lipinski definition) is 2. The van der Waals surface area contributed by atoms with Crippen molar-refractivity contribution in [3.05, 3.63) is 0 Å². The SMILES string of the molecule is CC(C#N)CCC(=O)S. The topological polar surface area (TPSA) is 40.9 Å². The summed E-state index contributed by atoms with van der Waals surface area (Å²) >= 11 is 3.56. The first-order valence-corrected chi connectivity index (χ1v) is 3.23. The van der Waals surface area contributed by atoms with Crippen molar-refractivity contribution in [2.75, 3.05) is 0 Å². The summed E-state index contributed by atoms with van der Waals surface area (Å²) in [5, 5.41) is 8.12. The normalized spacial score (nSPS) is 12.1. The Morgan fingerprint density at radius 1 is 1.89 bits per heavy atom. The average Bonchev–Trinajstić information content (AvgIpc) is 1.83. The van der Waals surface area contributed by atoms with Crippen molar-refractivity contribution in [2.45, 2.75) is 19.8 Å². The molecule has 0 amide bonds. The third kappa shape index (κ3) is 5.38. The maximum Gasteiger partial charge on any atom is 0.185 e. The average molecular weight is 143 g/mol. The lowest BCUT2D eigenvalue weighted by Crippen LogP contribution is -1.93. The molecule has 1 atom stereocenters. The minimum Gasteiger partial charge on any atom is -0.288 e. The molecule has 0 saturated heterocycles. The number of nitrogens with zero attached hydrogens (tertiary/aromatic N) is 1. The van der Waals surface area contributed by atoms with Crippen molar-refractivity contribution in [3.8, 4) is 6.07 Å². The second kappa shape index (κ2) is 4.39. The van der Waals surface area contributed by atoms with E-state index in [1.165, 1.54) is 0 Å². The number of rotatable bonds is 3. The van der Waals surface area contributed by atoms with Crippen LogP contribution in [0.4, 0.5) is 0 Å². The first-order chi connectivity index (χ1) is 4.16. The Labute approximate surface area is 60.3 Å². The van der Waals surface area contributed by atoms with Gasteiger partial charge in [0.25, 0.3) is 0 Å². The molecule has 0 heterocycles. The number of nitriles is 1.